The van der Waals surface area contributed by atoms with Crippen LogP contribution in [0.15, 0.2) is 0 Å². The van der Waals surface area contributed by atoms with Crippen LogP contribution in [0.3, 0.4) is 0 Å². The SMILES string of the molecule is CC(O)COC(=O)[C@H]1CCC(=O)N1. The molecule has 1 aliphatic rings. The zero-order valence-corrected chi connectivity index (χ0v) is 7.45. The molecule has 1 rings (SSSR count). The van der Waals surface area contributed by atoms with Crippen LogP contribution in [0.25, 0.3) is 0 Å². The summed E-state index contributed by atoms with van der Waals surface area (Å²) in [5.74, 6) is -0.592. The second kappa shape index (κ2) is 4.23. The van der Waals surface area contributed by atoms with Gasteiger partial charge < -0.3 is 15.2 Å². The molecule has 5 heteroatoms. The number of hydrogen-bond acceptors (Lipinski definition) is 4. The van der Waals surface area contributed by atoms with Crippen LogP contribution < -0.4 is 5.32 Å². The normalized spacial score (nSPS) is 23.8. The fraction of sp³-hybridized carbons (Fsp3) is 0.750. The molecule has 0 aromatic heterocycles. The van der Waals surface area contributed by atoms with Crippen molar-refractivity contribution in [3.8, 4) is 0 Å². The summed E-state index contributed by atoms with van der Waals surface area (Å²) in [6.07, 6.45) is 0.187. The molecule has 1 saturated heterocycles. The van der Waals surface area contributed by atoms with E-state index >= 15 is 0 Å². The van der Waals surface area contributed by atoms with Crippen LogP contribution in [0.2, 0.25) is 0 Å². The molecule has 5 nitrogen and oxygen atoms in total. The molecular formula is C8H13NO4. The zero-order valence-electron chi connectivity index (χ0n) is 7.45. The number of carbonyl (C=O) groups excluding carboxylic acids is 2. The molecule has 1 unspecified atom stereocenters. The van der Waals surface area contributed by atoms with E-state index in [1.165, 1.54) is 6.92 Å². The Morgan fingerprint density at radius 1 is 1.85 bits per heavy atom. The van der Waals surface area contributed by atoms with Crippen molar-refractivity contribution in [3.05, 3.63) is 0 Å². The van der Waals surface area contributed by atoms with Crippen molar-refractivity contribution in [1.82, 2.24) is 5.32 Å². The topological polar surface area (TPSA) is 75.6 Å². The fourth-order valence-corrected chi connectivity index (χ4v) is 1.09. The smallest absolute Gasteiger partial charge is 0.328 e. The van der Waals surface area contributed by atoms with Crippen LogP contribution in [0, 0.1) is 0 Å². The molecule has 1 aliphatic heterocycles. The van der Waals surface area contributed by atoms with Crippen molar-refractivity contribution in [2.24, 2.45) is 0 Å². The van der Waals surface area contributed by atoms with E-state index in [-0.39, 0.29) is 12.5 Å². The maximum atomic E-state index is 11.1. The Morgan fingerprint density at radius 2 is 2.54 bits per heavy atom. The second-order valence-corrected chi connectivity index (χ2v) is 3.14. The number of aliphatic hydroxyl groups excluding tert-OH is 1. The summed E-state index contributed by atoms with van der Waals surface area (Å²) in [4.78, 5) is 21.9. The number of aliphatic hydroxyl groups is 1. The first-order valence-electron chi connectivity index (χ1n) is 4.23. The molecule has 74 valence electrons. The number of ether oxygens (including phenoxy) is 1. The van der Waals surface area contributed by atoms with Gasteiger partial charge in [0.1, 0.15) is 12.6 Å². The molecule has 1 amide bonds. The van der Waals surface area contributed by atoms with Gasteiger partial charge in [-0.25, -0.2) is 4.79 Å². The highest BCUT2D eigenvalue weighted by Crippen LogP contribution is 2.07. The van der Waals surface area contributed by atoms with Gasteiger partial charge in [-0.1, -0.05) is 0 Å². The van der Waals surface area contributed by atoms with E-state index in [4.69, 9.17) is 9.84 Å². The van der Waals surface area contributed by atoms with E-state index in [0.717, 1.165) is 0 Å². The summed E-state index contributed by atoms with van der Waals surface area (Å²) < 4.78 is 4.73. The standard InChI is InChI=1S/C8H13NO4/c1-5(10)4-13-8(12)6-2-3-7(11)9-6/h5-6,10H,2-4H2,1H3,(H,9,11)/t5?,6-/m1/s1. The van der Waals surface area contributed by atoms with E-state index in [1.807, 2.05) is 0 Å². The third-order valence-electron chi connectivity index (χ3n) is 1.75. The number of esters is 1. The predicted octanol–water partition coefficient (Wildman–Crippen LogP) is -0.811. The Labute approximate surface area is 76.1 Å². The third-order valence-corrected chi connectivity index (χ3v) is 1.75. The zero-order chi connectivity index (χ0) is 9.84. The van der Waals surface area contributed by atoms with Gasteiger partial charge in [0.15, 0.2) is 0 Å². The van der Waals surface area contributed by atoms with Crippen LogP contribution in [-0.4, -0.2) is 35.7 Å². The van der Waals surface area contributed by atoms with Gasteiger partial charge in [0.05, 0.1) is 6.10 Å². The molecule has 0 aromatic rings. The van der Waals surface area contributed by atoms with Crippen molar-refractivity contribution in [2.75, 3.05) is 6.61 Å². The van der Waals surface area contributed by atoms with Crippen LogP contribution in [0.5, 0.6) is 0 Å². The quantitative estimate of drug-likeness (QED) is 0.566. The van der Waals surface area contributed by atoms with E-state index in [0.29, 0.717) is 12.8 Å². The summed E-state index contributed by atoms with van der Waals surface area (Å²) in [6, 6.07) is -0.522. The van der Waals surface area contributed by atoms with Gasteiger partial charge in [-0.05, 0) is 13.3 Å². The van der Waals surface area contributed by atoms with Crippen molar-refractivity contribution in [2.45, 2.75) is 31.9 Å². The lowest BCUT2D eigenvalue weighted by Crippen LogP contribution is -2.35. The molecule has 1 fully saturated rings. The minimum Gasteiger partial charge on any atom is -0.461 e. The Kier molecular flexibility index (Phi) is 3.25. The highest BCUT2D eigenvalue weighted by Gasteiger charge is 2.28. The van der Waals surface area contributed by atoms with Crippen LogP contribution in [0.1, 0.15) is 19.8 Å². The molecule has 2 N–H and O–H groups in total. The van der Waals surface area contributed by atoms with E-state index < -0.39 is 18.1 Å². The maximum Gasteiger partial charge on any atom is 0.328 e. The number of rotatable bonds is 3. The summed E-state index contributed by atoms with van der Waals surface area (Å²) in [5, 5.41) is 11.3. The average molecular weight is 187 g/mol. The second-order valence-electron chi connectivity index (χ2n) is 3.14. The highest BCUT2D eigenvalue weighted by molar-refractivity contribution is 5.87. The van der Waals surface area contributed by atoms with E-state index in [9.17, 15) is 9.59 Å². The summed E-state index contributed by atoms with van der Waals surface area (Å²) >= 11 is 0. The van der Waals surface area contributed by atoms with Crippen LogP contribution >= 0.6 is 0 Å². The van der Waals surface area contributed by atoms with Crippen LogP contribution in [0.4, 0.5) is 0 Å². The number of nitrogens with one attached hydrogen (secondary N) is 1. The molecule has 0 saturated carbocycles. The maximum absolute atomic E-state index is 11.1. The number of carbonyl (C=O) groups is 2. The van der Waals surface area contributed by atoms with Crippen molar-refractivity contribution < 1.29 is 19.4 Å². The molecular weight excluding hydrogens is 174 g/mol. The minimum absolute atomic E-state index is 0.0226. The monoisotopic (exact) mass is 187 g/mol. The van der Waals surface area contributed by atoms with Crippen molar-refractivity contribution in [1.29, 1.82) is 0 Å². The van der Waals surface area contributed by atoms with E-state index in [2.05, 4.69) is 5.32 Å². The van der Waals surface area contributed by atoms with Gasteiger partial charge in [-0.15, -0.1) is 0 Å². The van der Waals surface area contributed by atoms with Gasteiger partial charge in [-0.2, -0.15) is 0 Å². The number of amides is 1. The molecule has 2 atom stereocenters. The largest absolute Gasteiger partial charge is 0.461 e. The molecule has 0 radical (unpaired) electrons. The van der Waals surface area contributed by atoms with Gasteiger partial charge in [0.25, 0.3) is 0 Å². The summed E-state index contributed by atoms with van der Waals surface area (Å²) in [6.45, 7) is 1.51. The molecule has 0 aromatic carbocycles. The molecule has 0 bridgehead atoms. The Hall–Kier alpha value is -1.10. The first kappa shape index (κ1) is 9.98. The molecule has 1 heterocycles. The number of hydrogen-bond donors (Lipinski definition) is 2. The van der Waals surface area contributed by atoms with Gasteiger partial charge in [0.2, 0.25) is 5.91 Å². The lowest BCUT2D eigenvalue weighted by molar-refractivity contribution is -0.149. The lowest BCUT2D eigenvalue weighted by atomic mass is 10.2. The minimum atomic E-state index is -0.666. The molecule has 0 aliphatic carbocycles. The summed E-state index contributed by atoms with van der Waals surface area (Å²) in [5.41, 5.74) is 0. The third kappa shape index (κ3) is 3.02. The van der Waals surface area contributed by atoms with E-state index in [1.54, 1.807) is 0 Å². The van der Waals surface area contributed by atoms with Gasteiger partial charge in [0, 0.05) is 6.42 Å². The lowest BCUT2D eigenvalue weighted by Gasteiger charge is -2.10. The predicted molar refractivity (Wildman–Crippen MR) is 43.8 cm³/mol. The first-order valence-corrected chi connectivity index (χ1v) is 4.23. The fourth-order valence-electron chi connectivity index (χ4n) is 1.09. The average Bonchev–Trinajstić information content (AvgIpc) is 2.47. The molecule has 13 heavy (non-hydrogen) atoms. The van der Waals surface area contributed by atoms with Crippen molar-refractivity contribution >= 4 is 11.9 Å². The van der Waals surface area contributed by atoms with Crippen LogP contribution in [-0.2, 0) is 14.3 Å². The Bertz CT molecular complexity index is 214. The Morgan fingerprint density at radius 3 is 3.00 bits per heavy atom. The van der Waals surface area contributed by atoms with Gasteiger partial charge in [-0.3, -0.25) is 4.79 Å². The van der Waals surface area contributed by atoms with Crippen molar-refractivity contribution in [3.63, 3.8) is 0 Å². The Balaban J connectivity index is 2.27. The molecule has 0 spiro atoms. The first-order chi connectivity index (χ1) is 6.09. The van der Waals surface area contributed by atoms with Gasteiger partial charge >= 0.3 is 5.97 Å². The summed E-state index contributed by atoms with van der Waals surface area (Å²) in [7, 11) is 0. The highest BCUT2D eigenvalue weighted by atomic mass is 16.5.